The van der Waals surface area contributed by atoms with Gasteiger partial charge in [-0.1, -0.05) is 48.0 Å². The summed E-state index contributed by atoms with van der Waals surface area (Å²) < 4.78 is 27.4. The quantitative estimate of drug-likeness (QED) is 0.0885. The molecule has 1 saturated carbocycles. The largest absolute Gasteiger partial charge is 0.490 e. The number of carbonyl (C=O) groups is 1. The number of oxime groups is 1. The SMILES string of the molecule is C=CCOc1ccc2c(c1)[C@H]1[C@H](CCCCO)[C@@H](CCCCO)C=C3C(=NOC)C[C@H](n4nncc4C(=O)OC(C)(C)C)[C@@](OCC=C)(O2)[C@H]31. The zero-order chi connectivity index (χ0) is 35.9. The molecule has 0 spiro atoms. The minimum absolute atomic E-state index is 0.0987. The molecule has 272 valence electrons. The molecule has 2 aromatic rings. The van der Waals surface area contributed by atoms with Gasteiger partial charge in [-0.25, -0.2) is 9.48 Å². The Hall–Kier alpha value is -4.00. The lowest BCUT2D eigenvalue weighted by atomic mass is 9.55. The Bertz CT molecular complexity index is 1560. The van der Waals surface area contributed by atoms with E-state index in [1.54, 1.807) is 16.8 Å². The summed E-state index contributed by atoms with van der Waals surface area (Å²) in [6, 6.07) is 5.12. The normalized spacial score (nSPS) is 26.2. The number of carbonyl (C=O) groups excluding carboxylic acids is 1. The van der Waals surface area contributed by atoms with Gasteiger partial charge in [0, 0.05) is 31.1 Å². The van der Waals surface area contributed by atoms with Crippen LogP contribution >= 0.6 is 0 Å². The van der Waals surface area contributed by atoms with Gasteiger partial charge in [0.05, 0.1) is 24.4 Å². The topological polar surface area (TPSA) is 147 Å². The minimum atomic E-state index is -1.39. The first kappa shape index (κ1) is 37.3. The lowest BCUT2D eigenvalue weighted by molar-refractivity contribution is -0.252. The van der Waals surface area contributed by atoms with E-state index < -0.39 is 29.3 Å². The fraction of sp³-hybridized carbons (Fsp3) is 0.579. The average molecular weight is 693 g/mol. The molecule has 0 saturated heterocycles. The minimum Gasteiger partial charge on any atom is -0.490 e. The highest BCUT2D eigenvalue weighted by molar-refractivity contribution is 6.02. The number of aliphatic hydroxyl groups excluding tert-OH is 2. The predicted octanol–water partition coefficient (Wildman–Crippen LogP) is 5.93. The molecular weight excluding hydrogens is 640 g/mol. The lowest BCUT2D eigenvalue weighted by Gasteiger charge is -2.58. The number of ether oxygens (including phenoxy) is 4. The Labute approximate surface area is 294 Å². The Morgan fingerprint density at radius 3 is 2.54 bits per heavy atom. The Kier molecular flexibility index (Phi) is 12.2. The fourth-order valence-corrected chi connectivity index (χ4v) is 7.88. The van der Waals surface area contributed by atoms with E-state index in [2.05, 4.69) is 34.7 Å². The highest BCUT2D eigenvalue weighted by Crippen LogP contribution is 2.63. The average Bonchev–Trinajstić information content (AvgIpc) is 3.58. The van der Waals surface area contributed by atoms with Gasteiger partial charge in [0.15, 0.2) is 5.69 Å². The Morgan fingerprint density at radius 2 is 1.86 bits per heavy atom. The second-order valence-electron chi connectivity index (χ2n) is 14.1. The van der Waals surface area contributed by atoms with Crippen molar-refractivity contribution in [2.24, 2.45) is 22.9 Å². The first-order valence-electron chi connectivity index (χ1n) is 17.6. The molecule has 2 heterocycles. The highest BCUT2D eigenvalue weighted by atomic mass is 16.7. The van der Waals surface area contributed by atoms with Crippen LogP contribution in [0.5, 0.6) is 11.5 Å². The Balaban J connectivity index is 1.78. The molecule has 5 rings (SSSR count). The van der Waals surface area contributed by atoms with E-state index in [1.807, 2.05) is 39.0 Å². The predicted molar refractivity (Wildman–Crippen MR) is 188 cm³/mol. The molecule has 0 bridgehead atoms. The summed E-state index contributed by atoms with van der Waals surface area (Å²) in [5, 5.41) is 32.7. The number of hydrogen-bond acceptors (Lipinski definition) is 11. The number of rotatable bonds is 17. The molecule has 1 aromatic carbocycles. The van der Waals surface area contributed by atoms with Gasteiger partial charge in [-0.3, -0.25) is 0 Å². The maximum atomic E-state index is 13.6. The van der Waals surface area contributed by atoms with Crippen LogP contribution in [0.1, 0.15) is 93.7 Å². The molecule has 0 radical (unpaired) electrons. The van der Waals surface area contributed by atoms with E-state index in [-0.39, 0.29) is 49.7 Å². The first-order chi connectivity index (χ1) is 24.1. The standard InChI is InChI=1S/C38H52N4O8/c1-7-19-47-26-15-16-32-29(22-26)34-27(14-10-12-18-44)25(13-9-11-17-43)21-28-30(40-46-6)23-33(38(49-32,35(28)34)48-20-8-2)42-31(24-39-41-42)36(45)50-37(3,4)5/h7-8,15-16,21-22,24-25,27,33-35,43-44H,1-2,9-14,17-20,23H2,3-6H3/t25-,27+,33-,34+,35+,38+/m0/s1. The van der Waals surface area contributed by atoms with Gasteiger partial charge in [-0.05, 0) is 82.1 Å². The second kappa shape index (κ2) is 16.3. The summed E-state index contributed by atoms with van der Waals surface area (Å²) >= 11 is 0. The van der Waals surface area contributed by atoms with Crippen LogP contribution < -0.4 is 9.47 Å². The molecule has 2 N–H and O–H groups in total. The molecule has 3 aliphatic rings. The fourth-order valence-electron chi connectivity index (χ4n) is 7.88. The first-order valence-corrected chi connectivity index (χ1v) is 17.6. The molecule has 6 atom stereocenters. The number of esters is 1. The van der Waals surface area contributed by atoms with Gasteiger partial charge in [-0.2, -0.15) is 0 Å². The van der Waals surface area contributed by atoms with E-state index in [4.69, 9.17) is 23.8 Å². The number of aromatic nitrogens is 3. The summed E-state index contributed by atoms with van der Waals surface area (Å²) in [6.07, 6.45) is 12.1. The molecule has 1 aliphatic heterocycles. The van der Waals surface area contributed by atoms with Gasteiger partial charge >= 0.3 is 5.97 Å². The number of allylic oxidation sites excluding steroid dienone is 1. The highest BCUT2D eigenvalue weighted by Gasteiger charge is 2.65. The van der Waals surface area contributed by atoms with Crippen molar-refractivity contribution in [1.29, 1.82) is 0 Å². The van der Waals surface area contributed by atoms with E-state index in [9.17, 15) is 15.0 Å². The van der Waals surface area contributed by atoms with Gasteiger partial charge in [-0.15, -0.1) is 11.7 Å². The van der Waals surface area contributed by atoms with Crippen molar-refractivity contribution in [3.8, 4) is 11.5 Å². The third-order valence-electron chi connectivity index (χ3n) is 9.69. The van der Waals surface area contributed by atoms with Crippen molar-refractivity contribution in [2.75, 3.05) is 33.5 Å². The van der Waals surface area contributed by atoms with Crippen molar-refractivity contribution in [3.63, 3.8) is 0 Å². The van der Waals surface area contributed by atoms with Crippen molar-refractivity contribution in [3.05, 3.63) is 72.6 Å². The number of unbranched alkanes of at least 4 members (excludes halogenated alkanes) is 2. The summed E-state index contributed by atoms with van der Waals surface area (Å²) in [6.45, 7) is 13.9. The maximum absolute atomic E-state index is 13.6. The molecule has 1 fully saturated rings. The third kappa shape index (κ3) is 7.67. The Morgan fingerprint density at radius 1 is 1.12 bits per heavy atom. The van der Waals surface area contributed by atoms with Gasteiger partial charge in [0.2, 0.25) is 5.79 Å². The molecule has 0 amide bonds. The van der Waals surface area contributed by atoms with E-state index >= 15 is 0 Å². The third-order valence-corrected chi connectivity index (χ3v) is 9.69. The monoisotopic (exact) mass is 692 g/mol. The van der Waals surface area contributed by atoms with Crippen molar-refractivity contribution < 1.29 is 38.8 Å². The van der Waals surface area contributed by atoms with Crippen LogP contribution in [0.15, 0.2) is 66.5 Å². The lowest BCUT2D eigenvalue weighted by Crippen LogP contribution is -2.63. The van der Waals surface area contributed by atoms with Gasteiger partial charge in [0.25, 0.3) is 0 Å². The molecule has 12 nitrogen and oxygen atoms in total. The molecule has 1 aromatic heterocycles. The van der Waals surface area contributed by atoms with Crippen LogP contribution in [0, 0.1) is 17.8 Å². The van der Waals surface area contributed by atoms with E-state index in [0.717, 1.165) is 36.8 Å². The molecule has 12 heteroatoms. The number of benzene rings is 1. The van der Waals surface area contributed by atoms with E-state index in [1.165, 1.54) is 13.3 Å². The zero-order valence-electron chi connectivity index (χ0n) is 29.8. The summed E-state index contributed by atoms with van der Waals surface area (Å²) in [7, 11) is 1.52. The summed E-state index contributed by atoms with van der Waals surface area (Å²) in [5.41, 5.74) is 2.03. The number of nitrogens with zero attached hydrogens (tertiary/aromatic N) is 4. The van der Waals surface area contributed by atoms with Crippen LogP contribution in [0.4, 0.5) is 0 Å². The number of fused-ring (bicyclic) bond motifs is 2. The molecule has 50 heavy (non-hydrogen) atoms. The molecule has 0 unspecified atom stereocenters. The van der Waals surface area contributed by atoms with Crippen molar-refractivity contribution in [2.45, 2.75) is 89.1 Å². The second-order valence-corrected chi connectivity index (χ2v) is 14.1. The summed E-state index contributed by atoms with van der Waals surface area (Å²) in [4.78, 5) is 19.1. The smallest absolute Gasteiger partial charge is 0.358 e. The number of hydrogen-bond donors (Lipinski definition) is 2. The van der Waals surface area contributed by atoms with Crippen LogP contribution in [-0.2, 0) is 14.3 Å². The van der Waals surface area contributed by atoms with Crippen molar-refractivity contribution in [1.82, 2.24) is 15.0 Å². The van der Waals surface area contributed by atoms with Gasteiger partial charge < -0.3 is 34.0 Å². The van der Waals surface area contributed by atoms with Crippen LogP contribution in [-0.4, -0.2) is 81.8 Å². The van der Waals surface area contributed by atoms with Gasteiger partial charge in [0.1, 0.15) is 36.9 Å². The maximum Gasteiger partial charge on any atom is 0.358 e. The zero-order valence-corrected chi connectivity index (χ0v) is 29.8. The van der Waals surface area contributed by atoms with Crippen LogP contribution in [0.25, 0.3) is 0 Å². The van der Waals surface area contributed by atoms with E-state index in [0.29, 0.717) is 36.7 Å². The number of aliphatic hydroxyl groups is 2. The summed E-state index contributed by atoms with van der Waals surface area (Å²) in [5.74, 6) is -0.993. The van der Waals surface area contributed by atoms with Crippen LogP contribution in [0.3, 0.4) is 0 Å². The molecular formula is C38H52N4O8. The molecule has 2 aliphatic carbocycles. The van der Waals surface area contributed by atoms with Crippen molar-refractivity contribution >= 4 is 11.7 Å². The van der Waals surface area contributed by atoms with Crippen LogP contribution in [0.2, 0.25) is 0 Å².